The molecule has 0 atom stereocenters. The number of nitrogens with zero attached hydrogens (tertiary/aromatic N) is 1. The lowest BCUT2D eigenvalue weighted by Crippen LogP contribution is -2.28. The van der Waals surface area contributed by atoms with Crippen molar-refractivity contribution in [1.82, 2.24) is 10.7 Å². The van der Waals surface area contributed by atoms with E-state index in [1.54, 1.807) is 50.4 Å². The number of methoxy groups -OCH3 is 1. The van der Waals surface area contributed by atoms with Gasteiger partial charge in [-0.1, -0.05) is 6.07 Å². The molecule has 2 rings (SSSR count). The van der Waals surface area contributed by atoms with Gasteiger partial charge in [0.2, 0.25) is 5.91 Å². The number of benzene rings is 1. The number of ether oxygens (including phenoxy) is 2. The fourth-order valence-corrected chi connectivity index (χ4v) is 1.96. The van der Waals surface area contributed by atoms with Gasteiger partial charge in [0.15, 0.2) is 6.61 Å². The summed E-state index contributed by atoms with van der Waals surface area (Å²) in [5.74, 6) is 1.17. The molecule has 1 aromatic heterocycles. The minimum atomic E-state index is -0.428. The molecule has 8 nitrogen and oxygen atoms in total. The van der Waals surface area contributed by atoms with Crippen LogP contribution in [0.2, 0.25) is 0 Å². The zero-order chi connectivity index (χ0) is 18.8. The Labute approximate surface area is 151 Å². The number of hydrogen-bond donors (Lipinski definition) is 2. The molecule has 8 heteroatoms. The summed E-state index contributed by atoms with van der Waals surface area (Å²) in [6.07, 6.45) is 1.61. The number of furan rings is 1. The van der Waals surface area contributed by atoms with Gasteiger partial charge in [0, 0.05) is 11.8 Å². The van der Waals surface area contributed by atoms with E-state index in [2.05, 4.69) is 15.8 Å². The van der Waals surface area contributed by atoms with Gasteiger partial charge in [-0.25, -0.2) is 5.43 Å². The number of rotatable bonds is 9. The van der Waals surface area contributed by atoms with E-state index in [-0.39, 0.29) is 18.9 Å². The molecule has 0 aliphatic rings. The molecular weight excluding hydrogens is 338 g/mol. The van der Waals surface area contributed by atoms with Crippen LogP contribution < -0.4 is 20.2 Å². The van der Waals surface area contributed by atoms with Crippen LogP contribution in [0.1, 0.15) is 19.1 Å². The Kier molecular flexibility index (Phi) is 7.23. The fourth-order valence-electron chi connectivity index (χ4n) is 1.96. The predicted molar refractivity (Wildman–Crippen MR) is 94.9 cm³/mol. The van der Waals surface area contributed by atoms with Crippen molar-refractivity contribution in [1.29, 1.82) is 0 Å². The molecule has 0 saturated carbocycles. The lowest BCUT2D eigenvalue weighted by Gasteiger charge is -2.07. The van der Waals surface area contributed by atoms with Crippen molar-refractivity contribution < 1.29 is 23.5 Å². The first kappa shape index (κ1) is 19.0. The summed E-state index contributed by atoms with van der Waals surface area (Å²) >= 11 is 0. The van der Waals surface area contributed by atoms with Crippen LogP contribution in [0.5, 0.6) is 11.5 Å². The Morgan fingerprint density at radius 1 is 1.15 bits per heavy atom. The Balaban J connectivity index is 1.69. The van der Waals surface area contributed by atoms with Gasteiger partial charge in [-0.2, -0.15) is 5.10 Å². The number of nitrogens with one attached hydrogen (secondary N) is 2. The van der Waals surface area contributed by atoms with Gasteiger partial charge in [0.1, 0.15) is 17.3 Å². The first-order valence-corrected chi connectivity index (χ1v) is 7.94. The van der Waals surface area contributed by atoms with Gasteiger partial charge in [-0.15, -0.1) is 0 Å². The highest BCUT2D eigenvalue weighted by Crippen LogP contribution is 2.18. The number of hydrogen-bond acceptors (Lipinski definition) is 6. The Bertz CT molecular complexity index is 756. The predicted octanol–water partition coefficient (Wildman–Crippen LogP) is 1.87. The maximum atomic E-state index is 11.8. The monoisotopic (exact) mass is 359 g/mol. The standard InChI is InChI=1S/C18H21N3O5/c1-13(9-17(22)19-11-16-7-4-8-25-16)20-21-18(23)12-26-15-6-3-5-14(10-15)24-2/h3-8,10H,9,11-12H2,1-2H3,(H,19,22)(H,21,23)/b20-13+. The van der Waals surface area contributed by atoms with Crippen LogP contribution in [-0.4, -0.2) is 31.2 Å². The second-order valence-electron chi connectivity index (χ2n) is 5.38. The zero-order valence-electron chi connectivity index (χ0n) is 14.7. The average molecular weight is 359 g/mol. The molecule has 0 unspecified atom stereocenters. The number of carbonyl (C=O) groups is 2. The summed E-state index contributed by atoms with van der Waals surface area (Å²) in [5, 5.41) is 6.58. The summed E-state index contributed by atoms with van der Waals surface area (Å²) < 4.78 is 15.5. The van der Waals surface area contributed by atoms with Gasteiger partial charge in [-0.3, -0.25) is 9.59 Å². The van der Waals surface area contributed by atoms with Crippen molar-refractivity contribution >= 4 is 17.5 Å². The second-order valence-corrected chi connectivity index (χ2v) is 5.38. The quantitative estimate of drug-likeness (QED) is 0.526. The highest BCUT2D eigenvalue weighted by Gasteiger charge is 2.07. The Morgan fingerprint density at radius 3 is 2.69 bits per heavy atom. The van der Waals surface area contributed by atoms with Gasteiger partial charge in [0.25, 0.3) is 5.91 Å². The van der Waals surface area contributed by atoms with Crippen molar-refractivity contribution in [3.05, 3.63) is 48.4 Å². The van der Waals surface area contributed by atoms with Crippen LogP contribution in [0.4, 0.5) is 0 Å². The maximum Gasteiger partial charge on any atom is 0.277 e. The highest BCUT2D eigenvalue weighted by molar-refractivity contribution is 6.00. The number of hydrazone groups is 1. The van der Waals surface area contributed by atoms with Crippen LogP contribution in [0.15, 0.2) is 52.2 Å². The van der Waals surface area contributed by atoms with E-state index >= 15 is 0 Å². The fraction of sp³-hybridized carbons (Fsp3) is 0.278. The third-order valence-electron chi connectivity index (χ3n) is 3.24. The van der Waals surface area contributed by atoms with Crippen molar-refractivity contribution in [3.8, 4) is 11.5 Å². The topological polar surface area (TPSA) is 102 Å². The normalized spacial score (nSPS) is 10.9. The van der Waals surface area contributed by atoms with Crippen molar-refractivity contribution in [2.24, 2.45) is 5.10 Å². The molecule has 0 spiro atoms. The number of amides is 2. The molecule has 2 aromatic rings. The summed E-state index contributed by atoms with van der Waals surface area (Å²) in [4.78, 5) is 23.5. The lowest BCUT2D eigenvalue weighted by atomic mass is 10.3. The molecule has 0 fully saturated rings. The molecule has 138 valence electrons. The third-order valence-corrected chi connectivity index (χ3v) is 3.24. The van der Waals surface area contributed by atoms with Gasteiger partial charge >= 0.3 is 0 Å². The third kappa shape index (κ3) is 6.68. The van der Waals surface area contributed by atoms with E-state index in [4.69, 9.17) is 13.9 Å². The van der Waals surface area contributed by atoms with Crippen molar-refractivity contribution in [2.75, 3.05) is 13.7 Å². The zero-order valence-corrected chi connectivity index (χ0v) is 14.7. The summed E-state index contributed by atoms with van der Waals surface area (Å²) in [6, 6.07) is 10.4. The van der Waals surface area contributed by atoms with Crippen LogP contribution in [0.25, 0.3) is 0 Å². The van der Waals surface area contributed by atoms with E-state index < -0.39 is 5.91 Å². The summed E-state index contributed by atoms with van der Waals surface area (Å²) in [7, 11) is 1.55. The molecule has 2 amide bonds. The Hall–Kier alpha value is -3.29. The maximum absolute atomic E-state index is 11.8. The van der Waals surface area contributed by atoms with Crippen LogP contribution in [-0.2, 0) is 16.1 Å². The first-order chi connectivity index (χ1) is 12.6. The molecule has 0 saturated heterocycles. The van der Waals surface area contributed by atoms with Gasteiger partial charge < -0.3 is 19.2 Å². The van der Waals surface area contributed by atoms with E-state index in [1.165, 1.54) is 6.26 Å². The van der Waals surface area contributed by atoms with Crippen LogP contribution in [0.3, 0.4) is 0 Å². The average Bonchev–Trinajstić information content (AvgIpc) is 3.17. The van der Waals surface area contributed by atoms with E-state index in [9.17, 15) is 9.59 Å². The first-order valence-electron chi connectivity index (χ1n) is 7.94. The Morgan fingerprint density at radius 2 is 1.96 bits per heavy atom. The molecule has 1 aromatic carbocycles. The van der Waals surface area contributed by atoms with Crippen molar-refractivity contribution in [2.45, 2.75) is 19.9 Å². The molecule has 1 heterocycles. The van der Waals surface area contributed by atoms with E-state index in [0.29, 0.717) is 29.5 Å². The van der Waals surface area contributed by atoms with Crippen molar-refractivity contribution in [3.63, 3.8) is 0 Å². The van der Waals surface area contributed by atoms with Crippen LogP contribution in [0, 0.1) is 0 Å². The summed E-state index contributed by atoms with van der Waals surface area (Å²) in [5.41, 5.74) is 2.82. The highest BCUT2D eigenvalue weighted by atomic mass is 16.5. The summed E-state index contributed by atoms with van der Waals surface area (Å²) in [6.45, 7) is 1.75. The SMILES string of the molecule is COc1cccc(OCC(=O)N/N=C(\C)CC(=O)NCc2ccco2)c1. The van der Waals surface area contributed by atoms with Gasteiger partial charge in [0.05, 0.1) is 26.3 Å². The molecule has 0 aliphatic carbocycles. The lowest BCUT2D eigenvalue weighted by molar-refractivity contribution is -0.123. The molecule has 0 aliphatic heterocycles. The minimum absolute atomic E-state index is 0.0672. The molecule has 0 bridgehead atoms. The number of carbonyl (C=O) groups excluding carboxylic acids is 2. The molecular formula is C18H21N3O5. The van der Waals surface area contributed by atoms with E-state index in [1.807, 2.05) is 0 Å². The second kappa shape index (κ2) is 9.87. The van der Waals surface area contributed by atoms with Gasteiger partial charge in [-0.05, 0) is 31.2 Å². The molecule has 26 heavy (non-hydrogen) atoms. The smallest absolute Gasteiger partial charge is 0.277 e. The molecule has 2 N–H and O–H groups in total. The minimum Gasteiger partial charge on any atom is -0.497 e. The molecule has 0 radical (unpaired) electrons. The van der Waals surface area contributed by atoms with Crippen LogP contribution >= 0.6 is 0 Å². The van der Waals surface area contributed by atoms with E-state index in [0.717, 1.165) is 0 Å². The largest absolute Gasteiger partial charge is 0.497 e.